The van der Waals surface area contributed by atoms with Gasteiger partial charge in [-0.3, -0.25) is 0 Å². The molecule has 0 aromatic heterocycles. The molecule has 0 aliphatic heterocycles. The highest BCUT2D eigenvalue weighted by Crippen LogP contribution is 2.29. The molecule has 112 valence electrons. The number of hydrogen-bond acceptors (Lipinski definition) is 2. The van der Waals surface area contributed by atoms with E-state index < -0.39 is 0 Å². The lowest BCUT2D eigenvalue weighted by molar-refractivity contribution is 0.377. The molecule has 20 heavy (non-hydrogen) atoms. The van der Waals surface area contributed by atoms with Gasteiger partial charge in [-0.2, -0.15) is 0 Å². The van der Waals surface area contributed by atoms with Gasteiger partial charge in [0.2, 0.25) is 0 Å². The van der Waals surface area contributed by atoms with Gasteiger partial charge in [0.25, 0.3) is 0 Å². The summed E-state index contributed by atoms with van der Waals surface area (Å²) in [7, 11) is 1.75. The molecular weight excluding hydrogens is 246 g/mol. The molecule has 0 heterocycles. The minimum atomic E-state index is 0.356. The maximum Gasteiger partial charge on any atom is 0.123 e. The number of benzene rings is 1. The lowest BCUT2D eigenvalue weighted by Crippen LogP contribution is -2.31. The molecule has 2 rings (SSSR count). The molecule has 1 fully saturated rings. The van der Waals surface area contributed by atoms with Crippen LogP contribution in [0.5, 0.6) is 5.75 Å². The van der Waals surface area contributed by atoms with Crippen molar-refractivity contribution in [2.24, 2.45) is 5.92 Å². The van der Waals surface area contributed by atoms with Gasteiger partial charge in [0.05, 0.1) is 7.11 Å². The summed E-state index contributed by atoms with van der Waals surface area (Å²) >= 11 is 0. The fourth-order valence-corrected chi connectivity index (χ4v) is 3.42. The first-order valence-corrected chi connectivity index (χ1v) is 8.13. The smallest absolute Gasteiger partial charge is 0.123 e. The third-order valence-electron chi connectivity index (χ3n) is 4.76. The number of rotatable bonds is 5. The molecule has 1 N–H and O–H groups in total. The van der Waals surface area contributed by atoms with Crippen molar-refractivity contribution in [3.8, 4) is 5.75 Å². The van der Waals surface area contributed by atoms with Crippen LogP contribution in [0, 0.1) is 5.92 Å². The second kappa shape index (κ2) is 7.68. The number of para-hydroxylation sites is 1. The van der Waals surface area contributed by atoms with Crippen molar-refractivity contribution in [1.82, 2.24) is 5.32 Å². The van der Waals surface area contributed by atoms with Crippen LogP contribution in [0.2, 0.25) is 0 Å². The van der Waals surface area contributed by atoms with Crippen LogP contribution >= 0.6 is 0 Å². The quantitative estimate of drug-likeness (QED) is 0.786. The Balaban J connectivity index is 1.95. The first-order chi connectivity index (χ1) is 9.74. The van der Waals surface area contributed by atoms with Gasteiger partial charge in [-0.1, -0.05) is 44.4 Å². The Morgan fingerprint density at radius 1 is 1.20 bits per heavy atom. The molecule has 1 aromatic carbocycles. The second-order valence-electron chi connectivity index (χ2n) is 6.11. The van der Waals surface area contributed by atoms with Crippen LogP contribution in [-0.2, 0) is 0 Å². The van der Waals surface area contributed by atoms with E-state index in [1.807, 2.05) is 12.1 Å². The minimum Gasteiger partial charge on any atom is -0.496 e. The molecule has 0 saturated heterocycles. The maximum atomic E-state index is 5.47. The second-order valence-corrected chi connectivity index (χ2v) is 6.11. The molecule has 1 aromatic rings. The van der Waals surface area contributed by atoms with Crippen molar-refractivity contribution in [2.75, 3.05) is 7.11 Å². The van der Waals surface area contributed by atoms with Gasteiger partial charge in [0, 0.05) is 17.6 Å². The van der Waals surface area contributed by atoms with Gasteiger partial charge in [-0.15, -0.1) is 0 Å². The van der Waals surface area contributed by atoms with Crippen LogP contribution in [0.25, 0.3) is 0 Å². The lowest BCUT2D eigenvalue weighted by atomic mass is 9.97. The van der Waals surface area contributed by atoms with Gasteiger partial charge < -0.3 is 10.1 Å². The Kier molecular flexibility index (Phi) is 5.90. The molecule has 1 saturated carbocycles. The summed E-state index contributed by atoms with van der Waals surface area (Å²) in [6, 6.07) is 9.36. The van der Waals surface area contributed by atoms with E-state index in [0.717, 1.165) is 11.7 Å². The van der Waals surface area contributed by atoms with E-state index in [1.165, 1.54) is 44.1 Å². The van der Waals surface area contributed by atoms with Crippen molar-refractivity contribution in [3.63, 3.8) is 0 Å². The molecule has 1 aliphatic rings. The van der Waals surface area contributed by atoms with Gasteiger partial charge in [-0.05, 0) is 38.2 Å². The molecule has 2 unspecified atom stereocenters. The average molecular weight is 275 g/mol. The third kappa shape index (κ3) is 3.99. The van der Waals surface area contributed by atoms with Gasteiger partial charge in [0.15, 0.2) is 0 Å². The van der Waals surface area contributed by atoms with Crippen LogP contribution in [-0.4, -0.2) is 13.2 Å². The topological polar surface area (TPSA) is 21.3 Å². The van der Waals surface area contributed by atoms with Crippen LogP contribution in [0.1, 0.15) is 64.0 Å². The highest BCUT2D eigenvalue weighted by molar-refractivity contribution is 5.35. The Morgan fingerprint density at radius 2 is 2.00 bits per heavy atom. The average Bonchev–Trinajstić information content (AvgIpc) is 2.72. The monoisotopic (exact) mass is 275 g/mol. The number of ether oxygens (including phenoxy) is 1. The van der Waals surface area contributed by atoms with Crippen LogP contribution in [0.3, 0.4) is 0 Å². The predicted octanol–water partition coefficient (Wildman–Crippen LogP) is 4.70. The summed E-state index contributed by atoms with van der Waals surface area (Å²) in [6.45, 7) is 4.58. The molecule has 1 aliphatic carbocycles. The molecule has 2 heteroatoms. The fraction of sp³-hybridized carbons (Fsp3) is 0.667. The van der Waals surface area contributed by atoms with E-state index in [1.54, 1.807) is 7.11 Å². The van der Waals surface area contributed by atoms with Crippen molar-refractivity contribution < 1.29 is 4.74 Å². The maximum absolute atomic E-state index is 5.47. The Labute approximate surface area is 123 Å². The van der Waals surface area contributed by atoms with Crippen LogP contribution in [0.4, 0.5) is 0 Å². The largest absolute Gasteiger partial charge is 0.496 e. The number of nitrogens with one attached hydrogen (secondary N) is 1. The van der Waals surface area contributed by atoms with E-state index in [-0.39, 0.29) is 0 Å². The van der Waals surface area contributed by atoms with Crippen molar-refractivity contribution in [3.05, 3.63) is 29.8 Å². The normalized spacial score (nSPS) is 24.9. The zero-order valence-electron chi connectivity index (χ0n) is 13.2. The fourth-order valence-electron chi connectivity index (χ4n) is 3.42. The van der Waals surface area contributed by atoms with Crippen molar-refractivity contribution in [1.29, 1.82) is 0 Å². The van der Waals surface area contributed by atoms with Gasteiger partial charge in [0.1, 0.15) is 5.75 Å². The number of methoxy groups -OCH3 is 1. The summed E-state index contributed by atoms with van der Waals surface area (Å²) < 4.78 is 5.47. The summed E-state index contributed by atoms with van der Waals surface area (Å²) in [5.41, 5.74) is 1.27. The highest BCUT2D eigenvalue weighted by atomic mass is 16.5. The predicted molar refractivity (Wildman–Crippen MR) is 85.2 cm³/mol. The van der Waals surface area contributed by atoms with E-state index in [9.17, 15) is 0 Å². The summed E-state index contributed by atoms with van der Waals surface area (Å²) in [5, 5.41) is 3.81. The van der Waals surface area contributed by atoms with Crippen molar-refractivity contribution >= 4 is 0 Å². The van der Waals surface area contributed by atoms with E-state index >= 15 is 0 Å². The molecule has 0 amide bonds. The summed E-state index contributed by atoms with van der Waals surface area (Å²) in [6.07, 6.45) is 8.14. The standard InChI is InChI=1S/C18H29NO/c1-4-15-8-7-9-16(13-12-15)19-14(2)17-10-5-6-11-18(17)20-3/h5-6,10-11,14-16,19H,4,7-9,12-13H2,1-3H3/t14-,15?,16?/m1/s1. The lowest BCUT2D eigenvalue weighted by Gasteiger charge is -2.23. The Morgan fingerprint density at radius 3 is 2.75 bits per heavy atom. The highest BCUT2D eigenvalue weighted by Gasteiger charge is 2.20. The first-order valence-electron chi connectivity index (χ1n) is 8.13. The summed E-state index contributed by atoms with van der Waals surface area (Å²) in [5.74, 6) is 1.94. The van der Waals surface area contributed by atoms with E-state index in [2.05, 4.69) is 31.3 Å². The van der Waals surface area contributed by atoms with Crippen LogP contribution in [0.15, 0.2) is 24.3 Å². The van der Waals surface area contributed by atoms with Gasteiger partial charge in [-0.25, -0.2) is 0 Å². The molecule has 3 atom stereocenters. The Hall–Kier alpha value is -1.02. The minimum absolute atomic E-state index is 0.356. The molecule has 0 bridgehead atoms. The third-order valence-corrected chi connectivity index (χ3v) is 4.76. The molecule has 2 nitrogen and oxygen atoms in total. The van der Waals surface area contributed by atoms with Crippen molar-refractivity contribution in [2.45, 2.75) is 64.5 Å². The SMILES string of the molecule is CCC1CCCC(N[C@H](C)c2ccccc2OC)CC1. The molecular formula is C18H29NO. The zero-order chi connectivity index (χ0) is 14.4. The zero-order valence-corrected chi connectivity index (χ0v) is 13.2. The first kappa shape index (κ1) is 15.4. The molecule has 0 spiro atoms. The number of hydrogen-bond donors (Lipinski definition) is 1. The summed E-state index contributed by atoms with van der Waals surface area (Å²) in [4.78, 5) is 0. The Bertz CT molecular complexity index is 404. The molecule has 0 radical (unpaired) electrons. The van der Waals surface area contributed by atoms with Gasteiger partial charge >= 0.3 is 0 Å². The van der Waals surface area contributed by atoms with Crippen LogP contribution < -0.4 is 10.1 Å². The van der Waals surface area contributed by atoms with E-state index in [4.69, 9.17) is 4.74 Å². The van der Waals surface area contributed by atoms with E-state index in [0.29, 0.717) is 12.1 Å².